The van der Waals surface area contributed by atoms with Crippen LogP contribution in [-0.4, -0.2) is 3.21 Å². The predicted octanol–water partition coefficient (Wildman–Crippen LogP) is -0.191. The Morgan fingerprint density at radius 1 is 0.846 bits per heavy atom. The van der Waals surface area contributed by atoms with Gasteiger partial charge in [-0.3, -0.25) is 0 Å². The molecule has 2 aromatic carbocycles. The SMILES string of the molecule is Cc1ccc2c(c1)-c1cc(C)ccc1[CH]2[Zr+2]([C]1=CC=CC1)=[C]1CC1.[Cl-].[Cl-]. The van der Waals surface area contributed by atoms with E-state index in [1.54, 1.807) is 11.1 Å². The van der Waals surface area contributed by atoms with Crippen molar-refractivity contribution in [2.24, 2.45) is 0 Å². The van der Waals surface area contributed by atoms with Crippen molar-refractivity contribution in [1.29, 1.82) is 0 Å². The molecule has 0 nitrogen and oxygen atoms in total. The summed E-state index contributed by atoms with van der Waals surface area (Å²) >= 11 is -1.80. The van der Waals surface area contributed by atoms with E-state index in [9.17, 15) is 0 Å². The molecule has 0 aromatic heterocycles. The van der Waals surface area contributed by atoms with Crippen molar-refractivity contribution >= 4 is 3.21 Å². The first-order valence-corrected chi connectivity index (χ1v) is 12.9. The van der Waals surface area contributed by atoms with E-state index in [0.29, 0.717) is 3.63 Å². The molecule has 132 valence electrons. The van der Waals surface area contributed by atoms with E-state index in [0.717, 1.165) is 0 Å². The first-order valence-electron chi connectivity index (χ1n) is 9.02. The van der Waals surface area contributed by atoms with Crippen LogP contribution < -0.4 is 24.8 Å². The van der Waals surface area contributed by atoms with E-state index in [1.165, 1.54) is 41.5 Å². The third-order valence-electron chi connectivity index (χ3n) is 5.62. The van der Waals surface area contributed by atoms with Gasteiger partial charge in [-0.2, -0.15) is 0 Å². The molecule has 0 aliphatic heterocycles. The largest absolute Gasteiger partial charge is 1.00 e. The van der Waals surface area contributed by atoms with Crippen molar-refractivity contribution < 1.29 is 46.1 Å². The van der Waals surface area contributed by atoms with E-state index in [1.807, 2.05) is 6.49 Å². The summed E-state index contributed by atoms with van der Waals surface area (Å²) in [5.74, 6) is 0. The van der Waals surface area contributed by atoms with Gasteiger partial charge in [0.1, 0.15) is 0 Å². The fourth-order valence-corrected chi connectivity index (χ4v) is 13.3. The Hall–Kier alpha value is -0.747. The Balaban J connectivity index is 0.000000980. The summed E-state index contributed by atoms with van der Waals surface area (Å²) in [6.45, 7) is 4.45. The van der Waals surface area contributed by atoms with Crippen molar-refractivity contribution in [1.82, 2.24) is 0 Å². The van der Waals surface area contributed by atoms with Crippen molar-refractivity contribution in [2.75, 3.05) is 0 Å². The third kappa shape index (κ3) is 3.28. The van der Waals surface area contributed by atoms with Gasteiger partial charge in [-0.15, -0.1) is 0 Å². The average Bonchev–Trinajstić information content (AvgIpc) is 3.17. The summed E-state index contributed by atoms with van der Waals surface area (Å²) in [5, 5.41) is 0. The smallest absolute Gasteiger partial charge is 1.00 e. The van der Waals surface area contributed by atoms with Gasteiger partial charge in [-0.05, 0) is 0 Å². The zero-order valence-electron chi connectivity index (χ0n) is 15.2. The molecule has 0 unspecified atom stereocenters. The molecular formula is C23H22Cl2Zr. The molecule has 0 radical (unpaired) electrons. The molecule has 0 saturated heterocycles. The zero-order valence-corrected chi connectivity index (χ0v) is 19.1. The predicted molar refractivity (Wildman–Crippen MR) is 99.3 cm³/mol. The number of halogens is 2. The summed E-state index contributed by atoms with van der Waals surface area (Å²) in [6, 6.07) is 14.4. The minimum absolute atomic E-state index is 0. The van der Waals surface area contributed by atoms with E-state index in [2.05, 4.69) is 68.5 Å². The van der Waals surface area contributed by atoms with E-state index >= 15 is 0 Å². The van der Waals surface area contributed by atoms with Crippen LogP contribution in [-0.2, 0) is 21.3 Å². The summed E-state index contributed by atoms with van der Waals surface area (Å²) in [5.41, 5.74) is 9.06. The normalized spacial score (nSPS) is 16.0. The number of hydrogen-bond donors (Lipinski definition) is 0. The number of fused-ring (bicyclic) bond motifs is 3. The van der Waals surface area contributed by atoms with Crippen LogP contribution in [0.2, 0.25) is 0 Å². The molecule has 2 aromatic rings. The Morgan fingerprint density at radius 3 is 1.88 bits per heavy atom. The van der Waals surface area contributed by atoms with E-state index in [-0.39, 0.29) is 24.8 Å². The molecule has 0 spiro atoms. The van der Waals surface area contributed by atoms with Crippen LogP contribution in [0, 0.1) is 13.8 Å². The van der Waals surface area contributed by atoms with Gasteiger partial charge in [0.15, 0.2) is 0 Å². The molecule has 0 bridgehead atoms. The zero-order chi connectivity index (χ0) is 16.3. The Bertz CT molecular complexity index is 909. The van der Waals surface area contributed by atoms with E-state index in [4.69, 9.17) is 0 Å². The Labute approximate surface area is 176 Å². The van der Waals surface area contributed by atoms with E-state index < -0.39 is 21.3 Å². The topological polar surface area (TPSA) is 0 Å². The van der Waals surface area contributed by atoms with Crippen molar-refractivity contribution in [3.05, 3.63) is 80.2 Å². The Kier molecular flexibility index (Phi) is 5.93. The monoisotopic (exact) mass is 458 g/mol. The number of rotatable bonds is 2. The number of benzene rings is 2. The van der Waals surface area contributed by atoms with Crippen LogP contribution in [0.4, 0.5) is 0 Å². The van der Waals surface area contributed by atoms with Crippen LogP contribution >= 0.6 is 0 Å². The molecule has 3 heteroatoms. The first-order chi connectivity index (χ1) is 11.7. The molecule has 3 aliphatic rings. The van der Waals surface area contributed by atoms with Gasteiger partial charge in [0, 0.05) is 0 Å². The Morgan fingerprint density at radius 2 is 1.42 bits per heavy atom. The van der Waals surface area contributed by atoms with Crippen molar-refractivity contribution in [3.8, 4) is 11.1 Å². The molecule has 5 rings (SSSR count). The van der Waals surface area contributed by atoms with Crippen LogP contribution in [0.5, 0.6) is 0 Å². The van der Waals surface area contributed by atoms with Crippen LogP contribution in [0.15, 0.2) is 57.9 Å². The summed E-state index contributed by atoms with van der Waals surface area (Å²) in [6.07, 6.45) is 11.1. The molecule has 0 N–H and O–H groups in total. The van der Waals surface area contributed by atoms with Crippen LogP contribution in [0.25, 0.3) is 11.1 Å². The maximum atomic E-state index is 2.46. The summed E-state index contributed by atoms with van der Waals surface area (Å²) in [4.78, 5) is 0. The molecule has 1 fully saturated rings. The van der Waals surface area contributed by atoms with Gasteiger partial charge < -0.3 is 24.8 Å². The van der Waals surface area contributed by atoms with Crippen molar-refractivity contribution in [2.45, 2.75) is 36.7 Å². The molecular weight excluding hydrogens is 438 g/mol. The van der Waals surface area contributed by atoms with Gasteiger partial charge in [-0.1, -0.05) is 0 Å². The van der Waals surface area contributed by atoms with Gasteiger partial charge in [0.05, 0.1) is 0 Å². The van der Waals surface area contributed by atoms with Crippen LogP contribution in [0.1, 0.15) is 45.1 Å². The maximum Gasteiger partial charge on any atom is -1.00 e. The second-order valence-corrected chi connectivity index (χ2v) is 14.2. The average molecular weight is 461 g/mol. The second-order valence-electron chi connectivity index (χ2n) is 7.46. The maximum absolute atomic E-state index is 2.46. The standard InChI is InChI=1S/C15H13.C5H5.C3H4.2ClH.Zr/c1-10-3-5-12-9-13-6-4-11(2)8-15(13)14(12)7-10;1-2-4-5-3-1;1-2-3-1;;;/h3-9H,1-2H3;1-3H,4H2;1-2H2;2*1H;/q;;;;;+2/p-2. The van der Waals surface area contributed by atoms with Crippen LogP contribution in [0.3, 0.4) is 0 Å². The number of aryl methyl sites for hydroxylation is 2. The van der Waals surface area contributed by atoms with Gasteiger partial charge in [0.25, 0.3) is 0 Å². The first kappa shape index (κ1) is 20.0. The molecule has 0 atom stereocenters. The second kappa shape index (κ2) is 7.71. The minimum atomic E-state index is -1.80. The molecule has 3 aliphatic carbocycles. The molecule has 0 heterocycles. The van der Waals surface area contributed by atoms with Gasteiger partial charge in [0.2, 0.25) is 0 Å². The minimum Gasteiger partial charge on any atom is -1.00 e. The van der Waals surface area contributed by atoms with Gasteiger partial charge >= 0.3 is 152 Å². The molecule has 1 saturated carbocycles. The van der Waals surface area contributed by atoms with Crippen molar-refractivity contribution in [3.63, 3.8) is 0 Å². The third-order valence-corrected chi connectivity index (χ3v) is 14.3. The summed E-state index contributed by atoms with van der Waals surface area (Å²) in [7, 11) is 0. The number of hydrogen-bond acceptors (Lipinski definition) is 0. The fourth-order valence-electron chi connectivity index (χ4n) is 4.38. The molecule has 0 amide bonds. The quantitative estimate of drug-likeness (QED) is 0.583. The molecule has 26 heavy (non-hydrogen) atoms. The number of allylic oxidation sites excluding steroid dienone is 4. The fraction of sp³-hybridized carbons (Fsp3) is 0.261. The van der Waals surface area contributed by atoms with Gasteiger partial charge in [-0.25, -0.2) is 0 Å². The summed E-state index contributed by atoms with van der Waals surface area (Å²) < 4.78 is 4.48.